The first-order valence-corrected chi connectivity index (χ1v) is 6.19. The highest BCUT2D eigenvalue weighted by Crippen LogP contribution is 2.07. The van der Waals surface area contributed by atoms with Crippen molar-refractivity contribution < 1.29 is 24.1 Å². The fraction of sp³-hybridized carbons (Fsp3) is 0.571. The first-order chi connectivity index (χ1) is 9.35. The molecule has 0 unspecified atom stereocenters. The van der Waals surface area contributed by atoms with E-state index in [1.165, 1.54) is 0 Å². The minimum Gasteiger partial charge on any atom is -0.491 e. The Morgan fingerprint density at radius 1 is 0.842 bits per heavy atom. The van der Waals surface area contributed by atoms with Crippen molar-refractivity contribution in [3.8, 4) is 5.75 Å². The molecule has 0 aromatic heterocycles. The minimum atomic E-state index is 0.0609. The second-order valence-corrected chi connectivity index (χ2v) is 3.48. The van der Waals surface area contributed by atoms with Gasteiger partial charge in [-0.1, -0.05) is 18.2 Å². The van der Waals surface area contributed by atoms with Crippen LogP contribution in [0.5, 0.6) is 5.75 Å². The van der Waals surface area contributed by atoms with Crippen molar-refractivity contribution in [2.75, 3.05) is 53.9 Å². The fourth-order valence-corrected chi connectivity index (χ4v) is 1.07. The number of benzene rings is 1. The summed E-state index contributed by atoms with van der Waals surface area (Å²) in [6, 6.07) is 9.57. The highest BCUT2D eigenvalue weighted by atomic mass is 16.5. The summed E-state index contributed by atoms with van der Waals surface area (Å²) in [7, 11) is 3.30. The van der Waals surface area contributed by atoms with Gasteiger partial charge in [-0.05, 0) is 12.1 Å². The van der Waals surface area contributed by atoms with Gasteiger partial charge in [0.15, 0.2) is 0 Å². The molecule has 0 aliphatic carbocycles. The SMILES string of the molecule is COCCOC.OCCOCCOc1ccccc1. The van der Waals surface area contributed by atoms with Gasteiger partial charge in [0.25, 0.3) is 0 Å². The molecule has 0 saturated heterocycles. The van der Waals surface area contributed by atoms with E-state index in [1.807, 2.05) is 30.3 Å². The average Bonchev–Trinajstić information content (AvgIpc) is 2.47. The molecule has 0 heterocycles. The summed E-state index contributed by atoms with van der Waals surface area (Å²) >= 11 is 0. The Morgan fingerprint density at radius 2 is 1.47 bits per heavy atom. The number of hydrogen-bond acceptors (Lipinski definition) is 5. The van der Waals surface area contributed by atoms with Crippen LogP contribution in [0.15, 0.2) is 30.3 Å². The second-order valence-electron chi connectivity index (χ2n) is 3.48. The molecule has 0 amide bonds. The second kappa shape index (κ2) is 14.9. The van der Waals surface area contributed by atoms with Crippen LogP contribution in [0.4, 0.5) is 0 Å². The maximum absolute atomic E-state index is 8.42. The zero-order chi connectivity index (χ0) is 14.2. The summed E-state index contributed by atoms with van der Waals surface area (Å²) in [4.78, 5) is 0. The van der Waals surface area contributed by atoms with Crippen molar-refractivity contribution in [2.24, 2.45) is 0 Å². The van der Waals surface area contributed by atoms with E-state index in [2.05, 4.69) is 9.47 Å². The number of aliphatic hydroxyl groups is 1. The van der Waals surface area contributed by atoms with Gasteiger partial charge in [-0.3, -0.25) is 0 Å². The van der Waals surface area contributed by atoms with E-state index in [0.29, 0.717) is 33.0 Å². The van der Waals surface area contributed by atoms with Gasteiger partial charge in [-0.25, -0.2) is 0 Å². The third-order valence-electron chi connectivity index (χ3n) is 1.97. The molecule has 0 spiro atoms. The van der Waals surface area contributed by atoms with E-state index < -0.39 is 0 Å². The lowest BCUT2D eigenvalue weighted by atomic mass is 10.3. The number of para-hydroxylation sites is 1. The fourth-order valence-electron chi connectivity index (χ4n) is 1.07. The van der Waals surface area contributed by atoms with Crippen LogP contribution in [0, 0.1) is 0 Å². The normalized spacial score (nSPS) is 9.63. The summed E-state index contributed by atoms with van der Waals surface area (Å²) in [6.07, 6.45) is 0. The Kier molecular flexibility index (Phi) is 14.0. The van der Waals surface area contributed by atoms with Crippen LogP contribution >= 0.6 is 0 Å². The molecule has 0 atom stereocenters. The number of aliphatic hydroxyl groups excluding tert-OH is 1. The molecule has 0 aliphatic rings. The Balaban J connectivity index is 0.000000459. The van der Waals surface area contributed by atoms with Crippen LogP contribution in [0.2, 0.25) is 0 Å². The number of hydrogen-bond donors (Lipinski definition) is 1. The van der Waals surface area contributed by atoms with Gasteiger partial charge in [0, 0.05) is 14.2 Å². The third kappa shape index (κ3) is 13.1. The van der Waals surface area contributed by atoms with Gasteiger partial charge >= 0.3 is 0 Å². The lowest BCUT2D eigenvalue weighted by Gasteiger charge is -2.05. The van der Waals surface area contributed by atoms with Crippen molar-refractivity contribution in [1.29, 1.82) is 0 Å². The average molecular weight is 272 g/mol. The van der Waals surface area contributed by atoms with Crippen LogP contribution < -0.4 is 4.74 Å². The van der Waals surface area contributed by atoms with Crippen LogP contribution in [0.1, 0.15) is 0 Å². The third-order valence-corrected chi connectivity index (χ3v) is 1.97. The molecule has 110 valence electrons. The monoisotopic (exact) mass is 272 g/mol. The topological polar surface area (TPSA) is 57.2 Å². The number of ether oxygens (including phenoxy) is 4. The van der Waals surface area contributed by atoms with Crippen LogP contribution in [-0.4, -0.2) is 59.0 Å². The summed E-state index contributed by atoms with van der Waals surface area (Å²) in [5, 5.41) is 8.42. The largest absolute Gasteiger partial charge is 0.491 e. The first-order valence-electron chi connectivity index (χ1n) is 6.19. The molecule has 1 aromatic rings. The molecule has 0 fully saturated rings. The highest BCUT2D eigenvalue weighted by molar-refractivity contribution is 5.20. The molecule has 0 aliphatic heterocycles. The quantitative estimate of drug-likeness (QED) is 0.688. The molecule has 5 nitrogen and oxygen atoms in total. The number of rotatable bonds is 9. The van der Waals surface area contributed by atoms with Crippen LogP contribution in [0.3, 0.4) is 0 Å². The van der Waals surface area contributed by atoms with Gasteiger partial charge in [-0.15, -0.1) is 0 Å². The summed E-state index contributed by atoms with van der Waals surface area (Å²) < 4.78 is 19.7. The summed E-state index contributed by atoms with van der Waals surface area (Å²) in [6.45, 7) is 2.84. The molecule has 1 N–H and O–H groups in total. The van der Waals surface area contributed by atoms with Crippen LogP contribution in [0.25, 0.3) is 0 Å². The van der Waals surface area contributed by atoms with E-state index in [9.17, 15) is 0 Å². The maximum Gasteiger partial charge on any atom is 0.119 e. The van der Waals surface area contributed by atoms with Gasteiger partial charge in [0.1, 0.15) is 12.4 Å². The molecular formula is C14H24O5. The molecule has 5 heteroatoms. The van der Waals surface area contributed by atoms with Crippen molar-refractivity contribution in [2.45, 2.75) is 0 Å². The van der Waals surface area contributed by atoms with E-state index >= 15 is 0 Å². The molecular weight excluding hydrogens is 248 g/mol. The van der Waals surface area contributed by atoms with Gasteiger partial charge in [-0.2, -0.15) is 0 Å². The highest BCUT2D eigenvalue weighted by Gasteiger charge is 1.90. The Morgan fingerprint density at radius 3 is 2.00 bits per heavy atom. The molecule has 1 aromatic carbocycles. The first kappa shape index (κ1) is 17.9. The predicted molar refractivity (Wildman–Crippen MR) is 73.6 cm³/mol. The van der Waals surface area contributed by atoms with E-state index in [0.717, 1.165) is 5.75 Å². The standard InChI is InChI=1S/C10H14O3.C4H10O2/c11-6-7-12-8-9-13-10-4-2-1-3-5-10;1-5-3-4-6-2/h1-5,11H,6-9H2;3-4H2,1-2H3. The maximum atomic E-state index is 8.42. The molecule has 0 radical (unpaired) electrons. The Bertz CT molecular complexity index is 262. The van der Waals surface area contributed by atoms with Gasteiger partial charge in [0.2, 0.25) is 0 Å². The molecule has 0 bridgehead atoms. The van der Waals surface area contributed by atoms with Crippen molar-refractivity contribution in [1.82, 2.24) is 0 Å². The molecule has 1 rings (SSSR count). The Hall–Kier alpha value is -1.14. The van der Waals surface area contributed by atoms with Gasteiger partial charge in [0.05, 0.1) is 33.0 Å². The summed E-state index contributed by atoms with van der Waals surface area (Å²) in [5.74, 6) is 0.843. The summed E-state index contributed by atoms with van der Waals surface area (Å²) in [5.41, 5.74) is 0. The van der Waals surface area contributed by atoms with E-state index in [4.69, 9.17) is 14.6 Å². The van der Waals surface area contributed by atoms with Crippen molar-refractivity contribution in [3.63, 3.8) is 0 Å². The van der Waals surface area contributed by atoms with Crippen molar-refractivity contribution in [3.05, 3.63) is 30.3 Å². The zero-order valence-corrected chi connectivity index (χ0v) is 11.7. The van der Waals surface area contributed by atoms with E-state index in [-0.39, 0.29) is 6.61 Å². The minimum absolute atomic E-state index is 0.0609. The van der Waals surface area contributed by atoms with Crippen LogP contribution in [-0.2, 0) is 14.2 Å². The Labute approximate surface area is 115 Å². The lowest BCUT2D eigenvalue weighted by molar-refractivity contribution is 0.0705. The molecule has 19 heavy (non-hydrogen) atoms. The molecule has 0 saturated carbocycles. The lowest BCUT2D eigenvalue weighted by Crippen LogP contribution is -2.08. The zero-order valence-electron chi connectivity index (χ0n) is 11.7. The van der Waals surface area contributed by atoms with Gasteiger partial charge < -0.3 is 24.1 Å². The smallest absolute Gasteiger partial charge is 0.119 e. The number of methoxy groups -OCH3 is 2. The van der Waals surface area contributed by atoms with E-state index in [1.54, 1.807) is 14.2 Å². The predicted octanol–water partition coefficient (Wildman–Crippen LogP) is 1.35. The van der Waals surface area contributed by atoms with Crippen molar-refractivity contribution >= 4 is 0 Å².